The lowest BCUT2D eigenvalue weighted by Crippen LogP contribution is -2.25. The van der Waals surface area contributed by atoms with Crippen molar-refractivity contribution in [3.8, 4) is 0 Å². The first-order chi connectivity index (χ1) is 13.1. The average molecular weight is 362 g/mol. The highest BCUT2D eigenvalue weighted by atomic mass is 16.3. The van der Waals surface area contributed by atoms with Crippen LogP contribution in [-0.2, 0) is 6.54 Å². The molecule has 1 amide bonds. The molecule has 0 atom stereocenters. The van der Waals surface area contributed by atoms with Crippen molar-refractivity contribution < 1.29 is 9.21 Å². The number of rotatable bonds is 6. The molecule has 0 saturated carbocycles. The molecule has 2 aromatic heterocycles. The quantitative estimate of drug-likeness (QED) is 0.524. The van der Waals surface area contributed by atoms with Crippen LogP contribution in [0.3, 0.4) is 0 Å². The van der Waals surface area contributed by atoms with Gasteiger partial charge in [0.25, 0.3) is 5.91 Å². The van der Waals surface area contributed by atoms with E-state index in [0.717, 1.165) is 29.4 Å². The number of nitrogens with one attached hydrogen (secondary N) is 1. The van der Waals surface area contributed by atoms with Gasteiger partial charge in [-0.1, -0.05) is 32.0 Å². The number of carbonyl (C=O) groups is 1. The fraction of sp³-hybridized carbons (Fsp3) is 0.286. The van der Waals surface area contributed by atoms with Crippen LogP contribution >= 0.6 is 0 Å². The Kier molecular flexibility index (Phi) is 4.62. The third kappa shape index (κ3) is 3.56. The molecule has 0 radical (unpaired) electrons. The summed E-state index contributed by atoms with van der Waals surface area (Å²) < 4.78 is 7.66. The van der Waals surface area contributed by atoms with Gasteiger partial charge in [-0.05, 0) is 30.7 Å². The highest BCUT2D eigenvalue weighted by Crippen LogP contribution is 2.22. The molecule has 6 nitrogen and oxygen atoms in total. The van der Waals surface area contributed by atoms with Crippen molar-refractivity contribution in [2.45, 2.75) is 32.7 Å². The Morgan fingerprint density at radius 2 is 2.07 bits per heavy atom. The lowest BCUT2D eigenvalue weighted by atomic mass is 10.2. The first kappa shape index (κ1) is 17.3. The van der Waals surface area contributed by atoms with Gasteiger partial charge in [-0.2, -0.15) is 5.10 Å². The van der Waals surface area contributed by atoms with E-state index >= 15 is 0 Å². The average Bonchev–Trinajstić information content (AvgIpc) is 3.28. The van der Waals surface area contributed by atoms with E-state index in [2.05, 4.69) is 21.5 Å². The SMILES string of the molecule is CC(C)c1nc2cc(C(=O)NCCCn3ncc4ccccc43)ccc2o1. The van der Waals surface area contributed by atoms with Gasteiger partial charge in [-0.3, -0.25) is 9.48 Å². The zero-order valence-electron chi connectivity index (χ0n) is 15.5. The second kappa shape index (κ2) is 7.23. The second-order valence-corrected chi connectivity index (χ2v) is 6.93. The smallest absolute Gasteiger partial charge is 0.251 e. The molecule has 2 heterocycles. The number of oxazole rings is 1. The topological polar surface area (TPSA) is 73.0 Å². The van der Waals surface area contributed by atoms with Gasteiger partial charge in [-0.15, -0.1) is 0 Å². The van der Waals surface area contributed by atoms with Gasteiger partial charge in [0.2, 0.25) is 0 Å². The summed E-state index contributed by atoms with van der Waals surface area (Å²) in [6.07, 6.45) is 2.67. The van der Waals surface area contributed by atoms with Crippen LogP contribution in [0.4, 0.5) is 0 Å². The number of hydrogen-bond donors (Lipinski definition) is 1. The zero-order chi connectivity index (χ0) is 18.8. The summed E-state index contributed by atoms with van der Waals surface area (Å²) in [5, 5.41) is 8.50. The molecule has 0 aliphatic heterocycles. The lowest BCUT2D eigenvalue weighted by Gasteiger charge is -2.06. The Hall–Kier alpha value is -3.15. The van der Waals surface area contributed by atoms with Crippen LogP contribution in [-0.4, -0.2) is 27.2 Å². The van der Waals surface area contributed by atoms with Gasteiger partial charge >= 0.3 is 0 Å². The van der Waals surface area contributed by atoms with Crippen LogP contribution in [0.5, 0.6) is 0 Å². The van der Waals surface area contributed by atoms with Crippen molar-refractivity contribution in [2.24, 2.45) is 0 Å². The van der Waals surface area contributed by atoms with E-state index < -0.39 is 0 Å². The van der Waals surface area contributed by atoms with Gasteiger partial charge in [0.15, 0.2) is 11.5 Å². The highest BCUT2D eigenvalue weighted by molar-refractivity contribution is 5.97. The van der Waals surface area contributed by atoms with Gasteiger partial charge in [0.1, 0.15) is 5.52 Å². The Morgan fingerprint density at radius 3 is 2.93 bits per heavy atom. The number of carbonyl (C=O) groups excluding carboxylic acids is 1. The number of aromatic nitrogens is 3. The Balaban J connectivity index is 1.35. The molecule has 6 heteroatoms. The van der Waals surface area contributed by atoms with Crippen LogP contribution < -0.4 is 5.32 Å². The molecule has 2 aromatic carbocycles. The summed E-state index contributed by atoms with van der Waals surface area (Å²) in [7, 11) is 0. The van der Waals surface area contributed by atoms with E-state index in [-0.39, 0.29) is 11.8 Å². The predicted octanol–water partition coefficient (Wildman–Crippen LogP) is 4.12. The van der Waals surface area contributed by atoms with E-state index in [0.29, 0.717) is 23.6 Å². The van der Waals surface area contributed by atoms with E-state index in [9.17, 15) is 4.79 Å². The number of amides is 1. The summed E-state index contributed by atoms with van der Waals surface area (Å²) in [6.45, 7) is 5.40. The Labute approximate surface area is 157 Å². The summed E-state index contributed by atoms with van der Waals surface area (Å²) in [5.41, 5.74) is 3.13. The number of hydrogen-bond acceptors (Lipinski definition) is 4. The first-order valence-electron chi connectivity index (χ1n) is 9.21. The maximum atomic E-state index is 12.4. The van der Waals surface area contributed by atoms with E-state index in [4.69, 9.17) is 4.42 Å². The maximum Gasteiger partial charge on any atom is 0.251 e. The van der Waals surface area contributed by atoms with E-state index in [1.54, 1.807) is 18.2 Å². The summed E-state index contributed by atoms with van der Waals surface area (Å²) in [6, 6.07) is 13.5. The Morgan fingerprint density at radius 1 is 1.22 bits per heavy atom. The summed E-state index contributed by atoms with van der Waals surface area (Å²) in [4.78, 5) is 16.9. The molecule has 4 aromatic rings. The number of nitrogens with zero attached hydrogens (tertiary/aromatic N) is 3. The van der Waals surface area contributed by atoms with Crippen molar-refractivity contribution in [2.75, 3.05) is 6.54 Å². The van der Waals surface area contributed by atoms with E-state index in [1.807, 2.05) is 42.9 Å². The number of aryl methyl sites for hydroxylation is 1. The molecule has 138 valence electrons. The third-order valence-corrected chi connectivity index (χ3v) is 4.54. The minimum absolute atomic E-state index is 0.101. The number of fused-ring (bicyclic) bond motifs is 2. The fourth-order valence-electron chi connectivity index (χ4n) is 3.07. The monoisotopic (exact) mass is 362 g/mol. The first-order valence-corrected chi connectivity index (χ1v) is 9.21. The Bertz CT molecular complexity index is 1090. The maximum absolute atomic E-state index is 12.4. The molecule has 0 aliphatic rings. The van der Waals surface area contributed by atoms with Crippen molar-refractivity contribution in [1.29, 1.82) is 0 Å². The van der Waals surface area contributed by atoms with Crippen molar-refractivity contribution >= 4 is 27.9 Å². The minimum Gasteiger partial charge on any atom is -0.440 e. The molecule has 0 spiro atoms. The van der Waals surface area contributed by atoms with E-state index in [1.165, 1.54) is 0 Å². The van der Waals surface area contributed by atoms with Crippen LogP contribution in [0.15, 0.2) is 53.1 Å². The highest BCUT2D eigenvalue weighted by Gasteiger charge is 2.12. The van der Waals surface area contributed by atoms with Crippen LogP contribution in [0.1, 0.15) is 42.4 Å². The normalized spacial score (nSPS) is 11.5. The largest absolute Gasteiger partial charge is 0.440 e. The molecule has 0 bridgehead atoms. The number of benzene rings is 2. The predicted molar refractivity (Wildman–Crippen MR) is 105 cm³/mol. The summed E-state index contributed by atoms with van der Waals surface area (Å²) in [5.74, 6) is 0.804. The van der Waals surface area contributed by atoms with Crippen LogP contribution in [0.25, 0.3) is 22.0 Å². The number of para-hydroxylation sites is 1. The molecular formula is C21H22N4O2. The van der Waals surface area contributed by atoms with Crippen LogP contribution in [0.2, 0.25) is 0 Å². The standard InChI is InChI=1S/C21H22N4O2/c1-14(2)21-24-17-12-15(8-9-19(17)27-21)20(26)22-10-5-11-25-18-7-4-3-6-16(18)13-23-25/h3-4,6-9,12-14H,5,10-11H2,1-2H3,(H,22,26). The molecule has 0 aliphatic carbocycles. The third-order valence-electron chi connectivity index (χ3n) is 4.54. The zero-order valence-corrected chi connectivity index (χ0v) is 15.5. The fourth-order valence-corrected chi connectivity index (χ4v) is 3.07. The molecule has 0 fully saturated rings. The second-order valence-electron chi connectivity index (χ2n) is 6.93. The van der Waals surface area contributed by atoms with Gasteiger partial charge < -0.3 is 9.73 Å². The molecule has 1 N–H and O–H groups in total. The molecule has 0 unspecified atom stereocenters. The van der Waals surface area contributed by atoms with Gasteiger partial charge in [-0.25, -0.2) is 4.98 Å². The molecular weight excluding hydrogens is 340 g/mol. The summed E-state index contributed by atoms with van der Waals surface area (Å²) >= 11 is 0. The minimum atomic E-state index is -0.101. The molecule has 4 rings (SSSR count). The lowest BCUT2D eigenvalue weighted by molar-refractivity contribution is 0.0953. The molecule has 0 saturated heterocycles. The van der Waals surface area contributed by atoms with Gasteiger partial charge in [0, 0.05) is 30.0 Å². The van der Waals surface area contributed by atoms with Crippen molar-refractivity contribution in [3.05, 3.63) is 60.1 Å². The van der Waals surface area contributed by atoms with Crippen molar-refractivity contribution in [1.82, 2.24) is 20.1 Å². The van der Waals surface area contributed by atoms with Crippen molar-refractivity contribution in [3.63, 3.8) is 0 Å². The van der Waals surface area contributed by atoms with Crippen LogP contribution in [0, 0.1) is 0 Å². The van der Waals surface area contributed by atoms with Gasteiger partial charge in [0.05, 0.1) is 11.7 Å². The molecule has 27 heavy (non-hydrogen) atoms.